The molecule has 9 nitrogen and oxygen atoms in total. The van der Waals surface area contributed by atoms with Gasteiger partial charge in [-0.15, -0.1) is 10.2 Å². The third-order valence-corrected chi connectivity index (χ3v) is 4.06. The zero-order valence-corrected chi connectivity index (χ0v) is 16.6. The van der Waals surface area contributed by atoms with Crippen molar-refractivity contribution in [2.24, 2.45) is 0 Å². The van der Waals surface area contributed by atoms with Crippen molar-refractivity contribution in [3.05, 3.63) is 48.0 Å². The van der Waals surface area contributed by atoms with Crippen molar-refractivity contribution in [1.29, 1.82) is 0 Å². The summed E-state index contributed by atoms with van der Waals surface area (Å²) >= 11 is 0. The lowest BCUT2D eigenvalue weighted by atomic mass is 10.1. The molecule has 0 unspecified atom stereocenters. The molecule has 2 amide bonds. The van der Waals surface area contributed by atoms with E-state index in [1.165, 1.54) is 18.8 Å². The third kappa shape index (κ3) is 4.75. The Morgan fingerprint density at radius 1 is 1.07 bits per heavy atom. The van der Waals surface area contributed by atoms with Crippen molar-refractivity contribution in [2.75, 3.05) is 17.7 Å². The number of tetrazole rings is 1. The van der Waals surface area contributed by atoms with Crippen molar-refractivity contribution in [3.63, 3.8) is 0 Å². The summed E-state index contributed by atoms with van der Waals surface area (Å²) in [6, 6.07) is 12.0. The lowest BCUT2D eigenvalue weighted by Crippen LogP contribution is -2.13. The Hall–Kier alpha value is -3.75. The van der Waals surface area contributed by atoms with E-state index in [1.807, 2.05) is 13.8 Å². The van der Waals surface area contributed by atoms with Crippen LogP contribution in [-0.2, 0) is 4.79 Å². The molecule has 0 bridgehead atoms. The number of amides is 2. The fourth-order valence-corrected chi connectivity index (χ4v) is 2.61. The Morgan fingerprint density at radius 3 is 2.38 bits per heavy atom. The normalized spacial score (nSPS) is 10.7. The van der Waals surface area contributed by atoms with Crippen LogP contribution in [0.4, 0.5) is 11.4 Å². The second-order valence-corrected chi connectivity index (χ2v) is 6.65. The number of anilines is 2. The van der Waals surface area contributed by atoms with E-state index < -0.39 is 0 Å². The minimum Gasteiger partial charge on any atom is -0.495 e. The SMILES string of the molecule is COc1ccc(NC(C)=O)cc1NC(=O)c1ccc(-c2nnn(C(C)C)n2)cc1. The molecule has 150 valence electrons. The van der Waals surface area contributed by atoms with E-state index in [1.54, 1.807) is 42.5 Å². The average molecular weight is 394 g/mol. The second-order valence-electron chi connectivity index (χ2n) is 6.65. The van der Waals surface area contributed by atoms with Crippen LogP contribution in [0.1, 0.15) is 37.2 Å². The van der Waals surface area contributed by atoms with Gasteiger partial charge in [0, 0.05) is 23.7 Å². The lowest BCUT2D eigenvalue weighted by molar-refractivity contribution is -0.114. The Bertz CT molecular complexity index is 1030. The Kier molecular flexibility index (Phi) is 5.87. The largest absolute Gasteiger partial charge is 0.495 e. The molecule has 3 aromatic rings. The van der Waals surface area contributed by atoms with Crippen LogP contribution in [0.3, 0.4) is 0 Å². The van der Waals surface area contributed by atoms with Crippen LogP contribution >= 0.6 is 0 Å². The molecular weight excluding hydrogens is 372 g/mol. The number of nitrogens with one attached hydrogen (secondary N) is 2. The number of benzene rings is 2. The fraction of sp³-hybridized carbons (Fsp3) is 0.250. The van der Waals surface area contributed by atoms with E-state index >= 15 is 0 Å². The molecule has 3 rings (SSSR count). The number of aromatic nitrogens is 4. The van der Waals surface area contributed by atoms with Gasteiger partial charge >= 0.3 is 0 Å². The number of rotatable bonds is 6. The summed E-state index contributed by atoms with van der Waals surface area (Å²) in [4.78, 5) is 25.5. The van der Waals surface area contributed by atoms with Crippen molar-refractivity contribution >= 4 is 23.2 Å². The zero-order valence-electron chi connectivity index (χ0n) is 16.6. The molecule has 0 aliphatic heterocycles. The zero-order chi connectivity index (χ0) is 21.0. The number of carbonyl (C=O) groups excluding carboxylic acids is 2. The first-order valence-electron chi connectivity index (χ1n) is 9.04. The van der Waals surface area contributed by atoms with Crippen LogP contribution in [0.15, 0.2) is 42.5 Å². The van der Waals surface area contributed by atoms with Crippen LogP contribution in [0.25, 0.3) is 11.4 Å². The average Bonchev–Trinajstić information content (AvgIpc) is 3.18. The van der Waals surface area contributed by atoms with Gasteiger partial charge < -0.3 is 15.4 Å². The van der Waals surface area contributed by atoms with Gasteiger partial charge in [0.1, 0.15) is 5.75 Å². The second kappa shape index (κ2) is 8.51. The summed E-state index contributed by atoms with van der Waals surface area (Å²) in [7, 11) is 1.51. The quantitative estimate of drug-likeness (QED) is 0.664. The van der Waals surface area contributed by atoms with Gasteiger partial charge in [-0.25, -0.2) is 0 Å². The molecule has 0 atom stereocenters. The monoisotopic (exact) mass is 394 g/mol. The van der Waals surface area contributed by atoms with E-state index in [2.05, 4.69) is 26.0 Å². The summed E-state index contributed by atoms with van der Waals surface area (Å²) in [6.45, 7) is 5.35. The Morgan fingerprint density at radius 2 is 1.79 bits per heavy atom. The number of methoxy groups -OCH3 is 1. The van der Waals surface area contributed by atoms with Crippen molar-refractivity contribution in [2.45, 2.75) is 26.8 Å². The predicted octanol–water partition coefficient (Wildman–Crippen LogP) is 3.14. The van der Waals surface area contributed by atoms with Crippen LogP contribution in [0.5, 0.6) is 5.75 Å². The van der Waals surface area contributed by atoms with E-state index in [0.29, 0.717) is 28.5 Å². The predicted molar refractivity (Wildman–Crippen MR) is 109 cm³/mol. The standard InChI is InChI=1S/C20H22N6O3/c1-12(2)26-24-19(23-25-26)14-5-7-15(8-6-14)20(28)22-17-11-16(21-13(3)27)9-10-18(17)29-4/h5-12H,1-4H3,(H,21,27)(H,22,28). The summed E-state index contributed by atoms with van der Waals surface area (Å²) in [6.07, 6.45) is 0. The maximum Gasteiger partial charge on any atom is 0.255 e. The minimum absolute atomic E-state index is 0.115. The van der Waals surface area contributed by atoms with Gasteiger partial charge in [-0.1, -0.05) is 12.1 Å². The molecule has 1 heterocycles. The molecule has 0 saturated carbocycles. The van der Waals surface area contributed by atoms with Crippen LogP contribution in [-0.4, -0.2) is 39.1 Å². The van der Waals surface area contributed by atoms with Gasteiger partial charge in [0.05, 0.1) is 18.8 Å². The first-order valence-corrected chi connectivity index (χ1v) is 9.04. The maximum absolute atomic E-state index is 12.7. The van der Waals surface area contributed by atoms with E-state index in [0.717, 1.165) is 5.56 Å². The molecule has 2 N–H and O–H groups in total. The lowest BCUT2D eigenvalue weighted by Gasteiger charge is -2.12. The molecule has 9 heteroatoms. The van der Waals surface area contributed by atoms with Crippen molar-refractivity contribution < 1.29 is 14.3 Å². The van der Waals surface area contributed by atoms with Gasteiger partial charge in [0.25, 0.3) is 5.91 Å². The molecular formula is C20H22N6O3. The van der Waals surface area contributed by atoms with Crippen LogP contribution in [0.2, 0.25) is 0 Å². The van der Waals surface area contributed by atoms with Gasteiger partial charge in [0.2, 0.25) is 11.7 Å². The Labute approximate surface area is 168 Å². The molecule has 0 fully saturated rings. The highest BCUT2D eigenvalue weighted by atomic mass is 16.5. The number of carbonyl (C=O) groups is 2. The topological polar surface area (TPSA) is 111 Å². The number of hydrogen-bond donors (Lipinski definition) is 2. The van der Waals surface area contributed by atoms with E-state index in [-0.39, 0.29) is 17.9 Å². The van der Waals surface area contributed by atoms with Gasteiger partial charge in [0.15, 0.2) is 0 Å². The minimum atomic E-state index is -0.311. The van der Waals surface area contributed by atoms with Gasteiger partial charge in [-0.2, -0.15) is 4.80 Å². The Balaban J connectivity index is 1.77. The fourth-order valence-electron chi connectivity index (χ4n) is 2.61. The number of hydrogen-bond acceptors (Lipinski definition) is 6. The number of nitrogens with zero attached hydrogens (tertiary/aromatic N) is 4. The highest BCUT2D eigenvalue weighted by Crippen LogP contribution is 2.28. The molecule has 2 aromatic carbocycles. The van der Waals surface area contributed by atoms with Crippen LogP contribution < -0.4 is 15.4 Å². The summed E-state index contributed by atoms with van der Waals surface area (Å²) < 4.78 is 5.29. The van der Waals surface area contributed by atoms with E-state index in [9.17, 15) is 9.59 Å². The maximum atomic E-state index is 12.7. The summed E-state index contributed by atoms with van der Waals surface area (Å²) in [5.41, 5.74) is 2.23. The molecule has 0 aliphatic carbocycles. The molecule has 0 spiro atoms. The molecule has 0 saturated heterocycles. The molecule has 0 radical (unpaired) electrons. The van der Waals surface area contributed by atoms with Gasteiger partial charge in [-0.05, 0) is 49.4 Å². The highest BCUT2D eigenvalue weighted by Gasteiger charge is 2.13. The smallest absolute Gasteiger partial charge is 0.255 e. The first-order chi connectivity index (χ1) is 13.9. The summed E-state index contributed by atoms with van der Waals surface area (Å²) in [5, 5.41) is 17.8. The highest BCUT2D eigenvalue weighted by molar-refractivity contribution is 6.05. The molecule has 0 aliphatic rings. The molecule has 29 heavy (non-hydrogen) atoms. The van der Waals surface area contributed by atoms with Gasteiger partial charge in [-0.3, -0.25) is 9.59 Å². The summed E-state index contributed by atoms with van der Waals surface area (Å²) in [5.74, 6) is 0.466. The van der Waals surface area contributed by atoms with E-state index in [4.69, 9.17) is 4.74 Å². The van der Waals surface area contributed by atoms with Crippen LogP contribution in [0, 0.1) is 0 Å². The third-order valence-electron chi connectivity index (χ3n) is 4.06. The number of ether oxygens (including phenoxy) is 1. The molecule has 1 aromatic heterocycles. The van der Waals surface area contributed by atoms with Crippen molar-refractivity contribution in [1.82, 2.24) is 20.2 Å². The first kappa shape index (κ1) is 20.0. The van der Waals surface area contributed by atoms with Crippen molar-refractivity contribution in [3.8, 4) is 17.1 Å².